The topological polar surface area (TPSA) is 65.1 Å². The van der Waals surface area contributed by atoms with Gasteiger partial charge in [0.05, 0.1) is 19.8 Å². The summed E-state index contributed by atoms with van der Waals surface area (Å²) >= 11 is 0. The molecule has 4 rings (SSSR count). The molecular weight excluding hydrogens is 428 g/mol. The number of ether oxygens (including phenoxy) is 1. The van der Waals surface area contributed by atoms with Gasteiger partial charge in [-0.05, 0) is 35.2 Å². The largest absolute Gasteiger partial charge is 0.379 e. The van der Waals surface area contributed by atoms with Crippen LogP contribution in [0.4, 0.5) is 0 Å². The molecule has 1 N–H and O–H groups in total. The molecule has 0 bridgehead atoms. The van der Waals surface area contributed by atoms with E-state index in [1.807, 2.05) is 35.2 Å². The van der Waals surface area contributed by atoms with Gasteiger partial charge in [0, 0.05) is 57.9 Å². The van der Waals surface area contributed by atoms with Crippen molar-refractivity contribution in [3.8, 4) is 0 Å². The molecule has 2 aromatic rings. The van der Waals surface area contributed by atoms with Crippen LogP contribution in [-0.2, 0) is 29.0 Å². The Morgan fingerprint density at radius 1 is 0.853 bits per heavy atom. The van der Waals surface area contributed by atoms with Gasteiger partial charge in [-0.15, -0.1) is 0 Å². The number of hydrogen-bond donors (Lipinski definition) is 1. The minimum Gasteiger partial charge on any atom is -0.379 e. The molecule has 0 aromatic heterocycles. The van der Waals surface area contributed by atoms with Crippen molar-refractivity contribution >= 4 is 11.8 Å². The van der Waals surface area contributed by atoms with E-state index in [0.717, 1.165) is 50.4 Å². The maximum absolute atomic E-state index is 12.8. The molecule has 2 heterocycles. The summed E-state index contributed by atoms with van der Waals surface area (Å²) in [5, 5.41) is 3.09. The van der Waals surface area contributed by atoms with Gasteiger partial charge in [0.2, 0.25) is 5.91 Å². The van der Waals surface area contributed by atoms with Gasteiger partial charge in [-0.1, -0.05) is 43.3 Å². The van der Waals surface area contributed by atoms with Crippen molar-refractivity contribution in [1.29, 1.82) is 0 Å². The number of carbonyl (C=O) groups excluding carboxylic acids is 2. The second-order valence-electron chi connectivity index (χ2n) is 9.05. The van der Waals surface area contributed by atoms with Crippen LogP contribution in [0.5, 0.6) is 0 Å². The van der Waals surface area contributed by atoms with Gasteiger partial charge in [0.25, 0.3) is 5.91 Å². The van der Waals surface area contributed by atoms with Gasteiger partial charge in [0.15, 0.2) is 0 Å². The molecule has 2 aromatic carbocycles. The van der Waals surface area contributed by atoms with Crippen molar-refractivity contribution in [2.45, 2.75) is 26.4 Å². The molecule has 0 aliphatic carbocycles. The lowest BCUT2D eigenvalue weighted by Gasteiger charge is -2.34. The van der Waals surface area contributed by atoms with Gasteiger partial charge in [0.1, 0.15) is 0 Å². The van der Waals surface area contributed by atoms with Crippen LogP contribution < -0.4 is 5.32 Å². The van der Waals surface area contributed by atoms with Gasteiger partial charge in [-0.25, -0.2) is 0 Å². The second-order valence-corrected chi connectivity index (χ2v) is 9.05. The molecule has 34 heavy (non-hydrogen) atoms. The first kappa shape index (κ1) is 24.4. The number of aryl methyl sites for hydroxylation is 1. The molecule has 2 amide bonds. The summed E-state index contributed by atoms with van der Waals surface area (Å²) in [5.41, 5.74) is 4.38. The molecule has 2 saturated heterocycles. The van der Waals surface area contributed by atoms with Gasteiger partial charge < -0.3 is 15.0 Å². The Hall–Kier alpha value is -2.74. The third-order valence-electron chi connectivity index (χ3n) is 6.73. The fourth-order valence-electron chi connectivity index (χ4n) is 4.51. The fourth-order valence-corrected chi connectivity index (χ4v) is 4.51. The zero-order valence-electron chi connectivity index (χ0n) is 20.2. The standard InChI is InChI=1S/C27H36N4O3/c1-2-22-7-9-23(10-8-22)27(33)31-13-11-29(12-14-31)21-26(32)28-19-24-5-3-4-6-25(24)20-30-15-17-34-18-16-30/h3-10H,2,11-21H2,1H3,(H,28,32). The Morgan fingerprint density at radius 3 is 2.21 bits per heavy atom. The highest BCUT2D eigenvalue weighted by Gasteiger charge is 2.23. The number of nitrogens with zero attached hydrogens (tertiary/aromatic N) is 3. The minimum absolute atomic E-state index is 0.0242. The van der Waals surface area contributed by atoms with Crippen LogP contribution in [-0.4, -0.2) is 85.5 Å². The van der Waals surface area contributed by atoms with E-state index >= 15 is 0 Å². The summed E-state index contributed by atoms with van der Waals surface area (Å²) in [6.45, 7) is 10.0. The first-order valence-electron chi connectivity index (χ1n) is 12.4. The summed E-state index contributed by atoms with van der Waals surface area (Å²) in [4.78, 5) is 31.8. The lowest BCUT2D eigenvalue weighted by molar-refractivity contribution is -0.122. The quantitative estimate of drug-likeness (QED) is 0.649. The first-order valence-corrected chi connectivity index (χ1v) is 12.4. The highest BCUT2D eigenvalue weighted by molar-refractivity contribution is 5.94. The Kier molecular flexibility index (Phi) is 8.68. The maximum atomic E-state index is 12.8. The number of rotatable bonds is 8. The summed E-state index contributed by atoms with van der Waals surface area (Å²) in [7, 11) is 0. The summed E-state index contributed by atoms with van der Waals surface area (Å²) in [6, 6.07) is 16.2. The fraction of sp³-hybridized carbons (Fsp3) is 0.481. The number of amides is 2. The van der Waals surface area contributed by atoms with E-state index in [0.29, 0.717) is 39.3 Å². The normalized spacial score (nSPS) is 17.5. The van der Waals surface area contributed by atoms with Crippen LogP contribution >= 0.6 is 0 Å². The SMILES string of the molecule is CCc1ccc(C(=O)N2CCN(CC(=O)NCc3ccccc3CN3CCOCC3)CC2)cc1. The van der Waals surface area contributed by atoms with Crippen LogP contribution in [0.3, 0.4) is 0 Å². The summed E-state index contributed by atoms with van der Waals surface area (Å²) < 4.78 is 5.44. The Morgan fingerprint density at radius 2 is 1.53 bits per heavy atom. The molecule has 2 fully saturated rings. The van der Waals surface area contributed by atoms with E-state index in [1.165, 1.54) is 11.1 Å². The number of piperazine rings is 1. The third-order valence-corrected chi connectivity index (χ3v) is 6.73. The molecule has 0 radical (unpaired) electrons. The van der Waals surface area contributed by atoms with E-state index in [-0.39, 0.29) is 11.8 Å². The minimum atomic E-state index is 0.0242. The highest BCUT2D eigenvalue weighted by Crippen LogP contribution is 2.14. The van der Waals surface area contributed by atoms with E-state index in [1.54, 1.807) is 0 Å². The van der Waals surface area contributed by atoms with E-state index in [4.69, 9.17) is 4.74 Å². The zero-order chi connectivity index (χ0) is 23.8. The Bertz CT molecular complexity index is 949. The van der Waals surface area contributed by atoms with E-state index in [9.17, 15) is 9.59 Å². The third kappa shape index (κ3) is 6.65. The average molecular weight is 465 g/mol. The number of morpholine rings is 1. The second kappa shape index (κ2) is 12.1. The molecule has 2 aliphatic heterocycles. The predicted octanol–water partition coefficient (Wildman–Crippen LogP) is 2.16. The lowest BCUT2D eigenvalue weighted by Crippen LogP contribution is -2.51. The summed E-state index contributed by atoms with van der Waals surface area (Å²) in [6.07, 6.45) is 0.967. The van der Waals surface area contributed by atoms with Crippen LogP contribution in [0.15, 0.2) is 48.5 Å². The molecule has 0 atom stereocenters. The van der Waals surface area contributed by atoms with Crippen LogP contribution in [0.1, 0.15) is 34.0 Å². The van der Waals surface area contributed by atoms with Crippen LogP contribution in [0.25, 0.3) is 0 Å². The van der Waals surface area contributed by atoms with Gasteiger partial charge >= 0.3 is 0 Å². The Labute approximate surface area is 202 Å². The van der Waals surface area contributed by atoms with Crippen molar-refractivity contribution in [3.63, 3.8) is 0 Å². The maximum Gasteiger partial charge on any atom is 0.253 e. The van der Waals surface area contributed by atoms with Gasteiger partial charge in [-0.2, -0.15) is 0 Å². The van der Waals surface area contributed by atoms with Crippen molar-refractivity contribution in [3.05, 3.63) is 70.8 Å². The number of nitrogens with one attached hydrogen (secondary N) is 1. The highest BCUT2D eigenvalue weighted by atomic mass is 16.5. The molecule has 182 valence electrons. The number of hydrogen-bond acceptors (Lipinski definition) is 5. The molecule has 0 unspecified atom stereocenters. The van der Waals surface area contributed by atoms with Crippen molar-refractivity contribution in [2.24, 2.45) is 0 Å². The zero-order valence-corrected chi connectivity index (χ0v) is 20.2. The van der Waals surface area contributed by atoms with E-state index < -0.39 is 0 Å². The van der Waals surface area contributed by atoms with Crippen molar-refractivity contribution < 1.29 is 14.3 Å². The van der Waals surface area contributed by atoms with Crippen molar-refractivity contribution in [2.75, 3.05) is 59.0 Å². The number of carbonyl (C=O) groups is 2. The predicted molar refractivity (Wildman–Crippen MR) is 133 cm³/mol. The molecule has 0 spiro atoms. The summed E-state index contributed by atoms with van der Waals surface area (Å²) in [5.74, 6) is 0.0970. The average Bonchev–Trinajstić information content (AvgIpc) is 2.89. The monoisotopic (exact) mass is 464 g/mol. The first-order chi connectivity index (χ1) is 16.6. The van der Waals surface area contributed by atoms with Crippen LogP contribution in [0, 0.1) is 0 Å². The molecule has 2 aliphatic rings. The Balaban J connectivity index is 1.21. The van der Waals surface area contributed by atoms with Crippen molar-refractivity contribution in [1.82, 2.24) is 20.0 Å². The molecule has 0 saturated carbocycles. The van der Waals surface area contributed by atoms with Gasteiger partial charge in [-0.3, -0.25) is 19.4 Å². The molecule has 7 nitrogen and oxygen atoms in total. The lowest BCUT2D eigenvalue weighted by atomic mass is 10.1. The van der Waals surface area contributed by atoms with Crippen LogP contribution in [0.2, 0.25) is 0 Å². The molecule has 7 heteroatoms. The molecular formula is C27H36N4O3. The smallest absolute Gasteiger partial charge is 0.253 e. The van der Waals surface area contributed by atoms with E-state index in [2.05, 4.69) is 40.2 Å². The number of benzene rings is 2.